The summed E-state index contributed by atoms with van der Waals surface area (Å²) in [5, 5.41) is 10.5. The highest BCUT2D eigenvalue weighted by Gasteiger charge is 2.19. The molecule has 1 aromatic carbocycles. The quantitative estimate of drug-likeness (QED) is 0.831. The van der Waals surface area contributed by atoms with Crippen LogP contribution in [0.1, 0.15) is 36.9 Å². The van der Waals surface area contributed by atoms with Gasteiger partial charge in [-0.15, -0.1) is 0 Å². The Morgan fingerprint density at radius 2 is 2.13 bits per heavy atom. The van der Waals surface area contributed by atoms with Gasteiger partial charge in [-0.05, 0) is 30.5 Å². The van der Waals surface area contributed by atoms with E-state index in [1.54, 1.807) is 0 Å². The molecule has 3 N–H and O–H groups in total. The molecule has 2 atom stereocenters. The second kappa shape index (κ2) is 5.50. The van der Waals surface area contributed by atoms with Gasteiger partial charge in [-0.25, -0.2) is 0 Å². The van der Waals surface area contributed by atoms with E-state index in [1.165, 1.54) is 0 Å². The van der Waals surface area contributed by atoms with Crippen LogP contribution in [0.15, 0.2) is 18.2 Å². The van der Waals surface area contributed by atoms with Crippen molar-refractivity contribution < 1.29 is 5.11 Å². The Morgan fingerprint density at radius 1 is 1.47 bits per heavy atom. The minimum atomic E-state index is -0.520. The second-order valence-corrected chi connectivity index (χ2v) is 4.26. The first kappa shape index (κ1) is 12.5. The molecule has 0 aliphatic carbocycles. The van der Waals surface area contributed by atoms with E-state index >= 15 is 0 Å². The first-order valence-corrected chi connectivity index (χ1v) is 5.64. The topological polar surface area (TPSA) is 46.2 Å². The summed E-state index contributed by atoms with van der Waals surface area (Å²) < 4.78 is 0. The predicted molar refractivity (Wildman–Crippen MR) is 64.0 cm³/mol. The molecule has 0 bridgehead atoms. The zero-order chi connectivity index (χ0) is 11.4. The Labute approximate surface area is 96.1 Å². The maximum Gasteiger partial charge on any atom is 0.0733 e. The lowest BCUT2D eigenvalue weighted by atomic mass is 9.95. The smallest absolute Gasteiger partial charge is 0.0733 e. The molecule has 0 aromatic heterocycles. The molecule has 0 unspecified atom stereocenters. The van der Waals surface area contributed by atoms with E-state index in [4.69, 9.17) is 17.3 Å². The van der Waals surface area contributed by atoms with Crippen LogP contribution in [0, 0.1) is 6.92 Å². The van der Waals surface area contributed by atoms with Crippen LogP contribution in [-0.4, -0.2) is 11.2 Å². The molecule has 0 spiro atoms. The Morgan fingerprint density at radius 3 is 2.67 bits per heavy atom. The summed E-state index contributed by atoms with van der Waals surface area (Å²) >= 11 is 6.08. The van der Waals surface area contributed by atoms with Gasteiger partial charge in [0, 0.05) is 5.02 Å². The van der Waals surface area contributed by atoms with Gasteiger partial charge in [0.2, 0.25) is 0 Å². The third-order valence-corrected chi connectivity index (χ3v) is 2.93. The van der Waals surface area contributed by atoms with Crippen molar-refractivity contribution in [1.82, 2.24) is 0 Å². The summed E-state index contributed by atoms with van der Waals surface area (Å²) in [6.07, 6.45) is 1.10. The average Bonchev–Trinajstić information content (AvgIpc) is 2.17. The zero-order valence-corrected chi connectivity index (χ0v) is 9.96. The molecule has 3 heteroatoms. The Bertz CT molecular complexity index is 307. The maximum absolute atomic E-state index is 9.84. The van der Waals surface area contributed by atoms with E-state index in [9.17, 15) is 5.11 Å². The van der Waals surface area contributed by atoms with Crippen molar-refractivity contribution >= 4 is 11.6 Å². The number of aliphatic hydroxyl groups excluding tert-OH is 1. The maximum atomic E-state index is 9.84. The van der Waals surface area contributed by atoms with E-state index in [0.29, 0.717) is 11.4 Å². The van der Waals surface area contributed by atoms with Crippen LogP contribution in [0.4, 0.5) is 0 Å². The van der Waals surface area contributed by atoms with Crippen molar-refractivity contribution in [2.75, 3.05) is 0 Å². The van der Waals surface area contributed by atoms with Crippen molar-refractivity contribution in [3.8, 4) is 0 Å². The highest BCUT2D eigenvalue weighted by atomic mass is 35.5. The first-order chi connectivity index (χ1) is 7.07. The SMILES string of the molecule is CCC[C@@H](O)[C@@H](N)c1c(C)cccc1Cl. The molecule has 0 aliphatic heterocycles. The lowest BCUT2D eigenvalue weighted by Crippen LogP contribution is -2.27. The summed E-state index contributed by atoms with van der Waals surface area (Å²) in [4.78, 5) is 0. The van der Waals surface area contributed by atoms with Gasteiger partial charge >= 0.3 is 0 Å². The van der Waals surface area contributed by atoms with E-state index in [0.717, 1.165) is 17.5 Å². The number of benzene rings is 1. The summed E-state index contributed by atoms with van der Waals surface area (Å²) in [6, 6.07) is 5.26. The summed E-state index contributed by atoms with van der Waals surface area (Å²) in [6.45, 7) is 3.98. The van der Waals surface area contributed by atoms with Crippen molar-refractivity contribution in [3.63, 3.8) is 0 Å². The normalized spacial score (nSPS) is 15.0. The minimum Gasteiger partial charge on any atom is -0.391 e. The van der Waals surface area contributed by atoms with Gasteiger partial charge in [0.1, 0.15) is 0 Å². The lowest BCUT2D eigenvalue weighted by molar-refractivity contribution is 0.134. The van der Waals surface area contributed by atoms with Crippen molar-refractivity contribution in [2.45, 2.75) is 38.8 Å². The minimum absolute atomic E-state index is 0.390. The average molecular weight is 228 g/mol. The Hall–Kier alpha value is -0.570. The summed E-state index contributed by atoms with van der Waals surface area (Å²) in [5.41, 5.74) is 7.89. The van der Waals surface area contributed by atoms with Gasteiger partial charge in [0.15, 0.2) is 0 Å². The molecular weight excluding hydrogens is 210 g/mol. The predicted octanol–water partition coefficient (Wildman–Crippen LogP) is 2.81. The zero-order valence-electron chi connectivity index (χ0n) is 9.20. The van der Waals surface area contributed by atoms with Crippen LogP contribution in [0.2, 0.25) is 5.02 Å². The van der Waals surface area contributed by atoms with E-state index in [2.05, 4.69) is 0 Å². The first-order valence-electron chi connectivity index (χ1n) is 5.26. The fourth-order valence-corrected chi connectivity index (χ4v) is 2.08. The van der Waals surface area contributed by atoms with Gasteiger partial charge in [-0.1, -0.05) is 37.1 Å². The van der Waals surface area contributed by atoms with Gasteiger partial charge in [0.25, 0.3) is 0 Å². The molecule has 1 aromatic rings. The van der Waals surface area contributed by atoms with Gasteiger partial charge in [-0.2, -0.15) is 0 Å². The van der Waals surface area contributed by atoms with Crippen LogP contribution >= 0.6 is 11.6 Å². The Balaban J connectivity index is 2.94. The Kier molecular flexibility index (Phi) is 4.58. The molecule has 0 saturated heterocycles. The highest BCUT2D eigenvalue weighted by molar-refractivity contribution is 6.31. The number of aliphatic hydroxyl groups is 1. The molecule has 0 saturated carbocycles. The second-order valence-electron chi connectivity index (χ2n) is 3.85. The summed E-state index contributed by atoms with van der Waals surface area (Å²) in [7, 11) is 0. The third kappa shape index (κ3) is 2.94. The molecular formula is C12H18ClNO. The van der Waals surface area contributed by atoms with E-state index < -0.39 is 12.1 Å². The monoisotopic (exact) mass is 227 g/mol. The number of aryl methyl sites for hydroxylation is 1. The number of halogens is 1. The third-order valence-electron chi connectivity index (χ3n) is 2.60. The van der Waals surface area contributed by atoms with Crippen LogP contribution in [0.5, 0.6) is 0 Å². The number of rotatable bonds is 4. The van der Waals surface area contributed by atoms with Crippen LogP contribution in [-0.2, 0) is 0 Å². The van der Waals surface area contributed by atoms with Gasteiger partial charge in [-0.3, -0.25) is 0 Å². The molecule has 84 valence electrons. The lowest BCUT2D eigenvalue weighted by Gasteiger charge is -2.21. The molecule has 0 radical (unpaired) electrons. The fraction of sp³-hybridized carbons (Fsp3) is 0.500. The molecule has 0 fully saturated rings. The largest absolute Gasteiger partial charge is 0.391 e. The van der Waals surface area contributed by atoms with Crippen molar-refractivity contribution in [1.29, 1.82) is 0 Å². The van der Waals surface area contributed by atoms with E-state index in [-0.39, 0.29) is 0 Å². The van der Waals surface area contributed by atoms with Gasteiger partial charge < -0.3 is 10.8 Å². The van der Waals surface area contributed by atoms with Crippen LogP contribution < -0.4 is 5.73 Å². The molecule has 1 rings (SSSR count). The highest BCUT2D eigenvalue weighted by Crippen LogP contribution is 2.28. The van der Waals surface area contributed by atoms with Gasteiger partial charge in [0.05, 0.1) is 12.1 Å². The van der Waals surface area contributed by atoms with Crippen molar-refractivity contribution in [2.24, 2.45) is 5.73 Å². The standard InChI is InChI=1S/C12H18ClNO/c1-3-5-10(15)12(14)11-8(2)6-4-7-9(11)13/h4,6-7,10,12,15H,3,5,14H2,1-2H3/t10-,12-/m1/s1. The fourth-order valence-electron chi connectivity index (χ4n) is 1.73. The van der Waals surface area contributed by atoms with E-state index in [1.807, 2.05) is 32.0 Å². The van der Waals surface area contributed by atoms with Crippen molar-refractivity contribution in [3.05, 3.63) is 34.3 Å². The molecule has 0 aliphatic rings. The summed E-state index contributed by atoms with van der Waals surface area (Å²) in [5.74, 6) is 0. The molecule has 0 heterocycles. The number of hydrogen-bond donors (Lipinski definition) is 2. The van der Waals surface area contributed by atoms with Crippen LogP contribution in [0.25, 0.3) is 0 Å². The molecule has 15 heavy (non-hydrogen) atoms. The molecule has 0 amide bonds. The molecule has 2 nitrogen and oxygen atoms in total. The van der Waals surface area contributed by atoms with Crippen LogP contribution in [0.3, 0.4) is 0 Å². The number of nitrogens with two attached hydrogens (primary N) is 1. The number of hydrogen-bond acceptors (Lipinski definition) is 2.